The fraction of sp³-hybridized carbons (Fsp3) is 1.00. The molecule has 1 aliphatic heterocycles. The van der Waals surface area contributed by atoms with Gasteiger partial charge in [0.05, 0.1) is 12.7 Å². The molecule has 78 valence electrons. The van der Waals surface area contributed by atoms with Gasteiger partial charge in [0.15, 0.2) is 0 Å². The zero-order chi connectivity index (χ0) is 10.0. The second-order valence-electron chi connectivity index (χ2n) is 3.24. The van der Waals surface area contributed by atoms with Crippen molar-refractivity contribution in [3.63, 3.8) is 0 Å². The molecule has 0 aromatic carbocycles. The third-order valence-corrected chi connectivity index (χ3v) is 2.38. The third-order valence-electron chi connectivity index (χ3n) is 2.38. The van der Waals surface area contributed by atoms with E-state index >= 15 is 0 Å². The van der Waals surface area contributed by atoms with E-state index in [9.17, 15) is 10.2 Å². The van der Waals surface area contributed by atoms with Crippen LogP contribution in [0.1, 0.15) is 6.92 Å². The molecule has 1 heterocycles. The topological polar surface area (TPSA) is 79.2 Å². The van der Waals surface area contributed by atoms with E-state index in [0.717, 1.165) is 0 Å². The van der Waals surface area contributed by atoms with Gasteiger partial charge in [-0.1, -0.05) is 0 Å². The first kappa shape index (κ1) is 10.9. The summed E-state index contributed by atoms with van der Waals surface area (Å²) in [4.78, 5) is 0. The minimum absolute atomic E-state index is 0.280. The molecule has 0 bridgehead atoms. The second-order valence-corrected chi connectivity index (χ2v) is 3.24. The smallest absolute Gasteiger partial charge is 0.114 e. The molecule has 1 aliphatic rings. The lowest BCUT2D eigenvalue weighted by Gasteiger charge is -2.40. The lowest BCUT2D eigenvalue weighted by Crippen LogP contribution is -2.58. The minimum atomic E-state index is -0.985. The Morgan fingerprint density at radius 2 is 1.92 bits per heavy atom. The van der Waals surface area contributed by atoms with E-state index in [1.54, 1.807) is 6.92 Å². The molecular weight excluding hydrogens is 176 g/mol. The largest absolute Gasteiger partial charge is 0.394 e. The first-order valence-electron chi connectivity index (χ1n) is 4.27. The molecular formula is C8H16O5. The van der Waals surface area contributed by atoms with E-state index in [-0.39, 0.29) is 6.61 Å². The van der Waals surface area contributed by atoms with E-state index in [0.29, 0.717) is 0 Å². The van der Waals surface area contributed by atoms with E-state index < -0.39 is 30.5 Å². The summed E-state index contributed by atoms with van der Waals surface area (Å²) in [5.74, 6) is 0. The van der Waals surface area contributed by atoms with Gasteiger partial charge >= 0.3 is 0 Å². The zero-order valence-electron chi connectivity index (χ0n) is 7.75. The predicted octanol–water partition coefficient (Wildman–Crippen LogP) is -1.50. The van der Waals surface area contributed by atoms with Gasteiger partial charge < -0.3 is 24.8 Å². The van der Waals surface area contributed by atoms with Crippen LogP contribution in [0.15, 0.2) is 0 Å². The predicted molar refractivity (Wildman–Crippen MR) is 44.2 cm³/mol. The zero-order valence-corrected chi connectivity index (χ0v) is 7.75. The Bertz CT molecular complexity index is 163. The summed E-state index contributed by atoms with van der Waals surface area (Å²) >= 11 is 0. The molecule has 0 saturated carbocycles. The van der Waals surface area contributed by atoms with Crippen molar-refractivity contribution in [3.05, 3.63) is 0 Å². The Balaban J connectivity index is 2.69. The normalized spacial score (nSPS) is 46.4. The van der Waals surface area contributed by atoms with Gasteiger partial charge in [0.1, 0.15) is 24.4 Å². The molecule has 0 spiro atoms. The van der Waals surface area contributed by atoms with Crippen LogP contribution in [0.2, 0.25) is 0 Å². The van der Waals surface area contributed by atoms with Crippen molar-refractivity contribution in [2.75, 3.05) is 13.7 Å². The summed E-state index contributed by atoms with van der Waals surface area (Å²) in [5.41, 5.74) is 0. The monoisotopic (exact) mass is 192 g/mol. The lowest BCUT2D eigenvalue weighted by atomic mass is 9.96. The van der Waals surface area contributed by atoms with Crippen molar-refractivity contribution in [3.8, 4) is 0 Å². The van der Waals surface area contributed by atoms with Gasteiger partial charge in [0.25, 0.3) is 0 Å². The number of methoxy groups -OCH3 is 1. The number of ether oxygens (including phenoxy) is 2. The highest BCUT2D eigenvalue weighted by molar-refractivity contribution is 4.91. The number of hydrogen-bond acceptors (Lipinski definition) is 5. The van der Waals surface area contributed by atoms with Gasteiger partial charge in [-0.15, -0.1) is 0 Å². The van der Waals surface area contributed by atoms with Gasteiger partial charge in [-0.3, -0.25) is 0 Å². The van der Waals surface area contributed by atoms with Crippen molar-refractivity contribution in [1.82, 2.24) is 0 Å². The van der Waals surface area contributed by atoms with Crippen LogP contribution >= 0.6 is 0 Å². The first-order chi connectivity index (χ1) is 6.11. The van der Waals surface area contributed by atoms with Crippen LogP contribution in [0.4, 0.5) is 0 Å². The highest BCUT2D eigenvalue weighted by atomic mass is 16.6. The molecule has 5 atom stereocenters. The first-order valence-corrected chi connectivity index (χ1v) is 4.27. The van der Waals surface area contributed by atoms with Crippen molar-refractivity contribution >= 4 is 0 Å². The Hall–Kier alpha value is -0.200. The third kappa shape index (κ3) is 2.00. The average Bonchev–Trinajstić information content (AvgIpc) is 2.12. The quantitative estimate of drug-likeness (QED) is 0.496. The van der Waals surface area contributed by atoms with Crippen LogP contribution < -0.4 is 0 Å². The van der Waals surface area contributed by atoms with Crippen molar-refractivity contribution in [1.29, 1.82) is 0 Å². The summed E-state index contributed by atoms with van der Waals surface area (Å²) in [6, 6.07) is 0. The molecule has 1 rings (SSSR count). The molecule has 0 radical (unpaired) electrons. The van der Waals surface area contributed by atoms with Gasteiger partial charge in [-0.05, 0) is 6.92 Å². The van der Waals surface area contributed by atoms with Gasteiger partial charge in [0, 0.05) is 7.11 Å². The van der Waals surface area contributed by atoms with E-state index in [4.69, 9.17) is 14.6 Å². The van der Waals surface area contributed by atoms with Crippen LogP contribution in [0, 0.1) is 0 Å². The number of aliphatic hydroxyl groups is 3. The van der Waals surface area contributed by atoms with Gasteiger partial charge in [-0.25, -0.2) is 0 Å². The average molecular weight is 192 g/mol. The summed E-state index contributed by atoms with van der Waals surface area (Å²) in [5, 5.41) is 27.9. The fourth-order valence-corrected chi connectivity index (χ4v) is 1.55. The lowest BCUT2D eigenvalue weighted by molar-refractivity contribution is -0.231. The molecule has 5 heteroatoms. The van der Waals surface area contributed by atoms with Gasteiger partial charge in [-0.2, -0.15) is 0 Å². The molecule has 0 amide bonds. The maximum Gasteiger partial charge on any atom is 0.114 e. The summed E-state index contributed by atoms with van der Waals surface area (Å²) in [7, 11) is 1.41. The highest BCUT2D eigenvalue weighted by Crippen LogP contribution is 2.22. The van der Waals surface area contributed by atoms with E-state index in [1.807, 2.05) is 0 Å². The molecule has 3 unspecified atom stereocenters. The SMILES string of the molecule is COC1C(O)[C@@H](C)OC(CO)[C@@H]1O. The summed E-state index contributed by atoms with van der Waals surface area (Å²) < 4.78 is 10.1. The maximum absolute atomic E-state index is 9.55. The molecule has 0 aromatic heterocycles. The summed E-state index contributed by atoms with van der Waals surface area (Å²) in [6.45, 7) is 1.39. The fourth-order valence-electron chi connectivity index (χ4n) is 1.55. The standard InChI is InChI=1S/C8H16O5/c1-4-6(10)8(12-2)7(11)5(3-9)13-4/h4-11H,3H2,1-2H3/t4-,5?,6?,7+,8?/m1/s1. The maximum atomic E-state index is 9.55. The molecule has 3 N–H and O–H groups in total. The molecule has 1 fully saturated rings. The molecule has 0 aliphatic carbocycles. The molecule has 5 nitrogen and oxygen atoms in total. The molecule has 1 saturated heterocycles. The van der Waals surface area contributed by atoms with Crippen LogP contribution in [0.5, 0.6) is 0 Å². The van der Waals surface area contributed by atoms with Crippen molar-refractivity contribution in [2.24, 2.45) is 0 Å². The van der Waals surface area contributed by atoms with Crippen molar-refractivity contribution in [2.45, 2.75) is 37.4 Å². The van der Waals surface area contributed by atoms with E-state index in [2.05, 4.69) is 0 Å². The Morgan fingerprint density at radius 1 is 1.31 bits per heavy atom. The van der Waals surface area contributed by atoms with Crippen LogP contribution in [-0.4, -0.2) is 59.6 Å². The van der Waals surface area contributed by atoms with Crippen LogP contribution in [0.25, 0.3) is 0 Å². The number of rotatable bonds is 2. The Labute approximate surface area is 76.9 Å². The van der Waals surface area contributed by atoms with Crippen LogP contribution in [0.3, 0.4) is 0 Å². The molecule has 13 heavy (non-hydrogen) atoms. The molecule has 0 aromatic rings. The Kier molecular flexibility index (Phi) is 3.63. The number of aliphatic hydroxyl groups excluding tert-OH is 3. The van der Waals surface area contributed by atoms with Crippen LogP contribution in [-0.2, 0) is 9.47 Å². The van der Waals surface area contributed by atoms with Gasteiger partial charge in [0.2, 0.25) is 0 Å². The van der Waals surface area contributed by atoms with Crippen molar-refractivity contribution < 1.29 is 24.8 Å². The Morgan fingerprint density at radius 3 is 2.38 bits per heavy atom. The van der Waals surface area contributed by atoms with E-state index in [1.165, 1.54) is 7.11 Å². The minimum Gasteiger partial charge on any atom is -0.394 e. The summed E-state index contributed by atoms with van der Waals surface area (Å²) in [6.07, 6.45) is -3.65. The number of hydrogen-bond donors (Lipinski definition) is 3. The highest BCUT2D eigenvalue weighted by Gasteiger charge is 2.42. The second kappa shape index (κ2) is 4.34.